The molecule has 1 aliphatic heterocycles. The van der Waals surface area contributed by atoms with Gasteiger partial charge < -0.3 is 14.5 Å². The number of amides is 1. The van der Waals surface area contributed by atoms with Crippen LogP contribution in [0.5, 0.6) is 5.75 Å². The number of nitrogens with zero attached hydrogens (tertiary/aromatic N) is 3. The summed E-state index contributed by atoms with van der Waals surface area (Å²) in [5.41, 5.74) is 3.21. The van der Waals surface area contributed by atoms with Crippen molar-refractivity contribution in [2.75, 3.05) is 38.2 Å². The second-order valence-electron chi connectivity index (χ2n) is 7.99. The zero-order chi connectivity index (χ0) is 21.4. The van der Waals surface area contributed by atoms with Crippen LogP contribution in [0.2, 0.25) is 0 Å². The number of carbonyl (C=O) groups is 1. The van der Waals surface area contributed by atoms with Gasteiger partial charge in [-0.05, 0) is 34.9 Å². The summed E-state index contributed by atoms with van der Waals surface area (Å²) in [5, 5.41) is 3.39. The number of aryl methyl sites for hydroxylation is 1. The Balaban J connectivity index is 1.26. The molecule has 0 unspecified atom stereocenters. The summed E-state index contributed by atoms with van der Waals surface area (Å²) >= 11 is 1.70. The summed E-state index contributed by atoms with van der Waals surface area (Å²) in [4.78, 5) is 22.0. The van der Waals surface area contributed by atoms with Crippen LogP contribution in [0.25, 0.3) is 21.0 Å². The molecule has 2 heterocycles. The summed E-state index contributed by atoms with van der Waals surface area (Å²) in [6.07, 6.45) is 0.447. The van der Waals surface area contributed by atoms with E-state index in [1.807, 2.05) is 23.1 Å². The van der Waals surface area contributed by atoms with Crippen molar-refractivity contribution in [2.24, 2.45) is 0 Å². The highest BCUT2D eigenvalue weighted by Gasteiger charge is 2.24. The van der Waals surface area contributed by atoms with Crippen LogP contribution in [0.4, 0.5) is 5.13 Å². The Kier molecular flexibility index (Phi) is 5.24. The van der Waals surface area contributed by atoms with Gasteiger partial charge in [0.1, 0.15) is 11.3 Å². The Morgan fingerprint density at radius 2 is 1.81 bits per heavy atom. The van der Waals surface area contributed by atoms with E-state index in [2.05, 4.69) is 48.2 Å². The molecule has 1 fully saturated rings. The molecule has 0 spiro atoms. The third kappa shape index (κ3) is 3.83. The van der Waals surface area contributed by atoms with Crippen molar-refractivity contribution in [3.8, 4) is 5.75 Å². The predicted octanol–water partition coefficient (Wildman–Crippen LogP) is 4.66. The van der Waals surface area contributed by atoms with E-state index in [0.717, 1.165) is 48.1 Å². The molecule has 5 rings (SSSR count). The maximum atomic E-state index is 12.9. The summed E-state index contributed by atoms with van der Waals surface area (Å²) in [5.74, 6) is 1.00. The number of anilines is 1. The molecule has 1 saturated heterocycles. The van der Waals surface area contributed by atoms with Gasteiger partial charge in [0.05, 0.1) is 18.2 Å². The van der Waals surface area contributed by atoms with Gasteiger partial charge >= 0.3 is 0 Å². The van der Waals surface area contributed by atoms with E-state index in [4.69, 9.17) is 9.72 Å². The topological polar surface area (TPSA) is 45.7 Å². The molecule has 1 aromatic heterocycles. The number of thiazole rings is 1. The molecular weight excluding hydrogens is 406 g/mol. The number of fused-ring (bicyclic) bond motifs is 2. The van der Waals surface area contributed by atoms with Crippen LogP contribution in [0.3, 0.4) is 0 Å². The number of carbonyl (C=O) groups excluding carboxylic acids is 1. The lowest BCUT2D eigenvalue weighted by atomic mass is 10.0. The lowest BCUT2D eigenvalue weighted by Gasteiger charge is -2.34. The molecule has 3 aromatic carbocycles. The summed E-state index contributed by atoms with van der Waals surface area (Å²) in [6.45, 7) is 5.14. The predicted molar refractivity (Wildman–Crippen MR) is 127 cm³/mol. The molecule has 0 bridgehead atoms. The maximum absolute atomic E-state index is 12.9. The quantitative estimate of drug-likeness (QED) is 0.472. The average molecular weight is 432 g/mol. The van der Waals surface area contributed by atoms with Crippen LogP contribution >= 0.6 is 11.3 Å². The first-order valence-electron chi connectivity index (χ1n) is 10.6. The third-order valence-corrected chi connectivity index (χ3v) is 7.24. The zero-order valence-electron chi connectivity index (χ0n) is 17.8. The Morgan fingerprint density at radius 3 is 2.58 bits per heavy atom. The largest absolute Gasteiger partial charge is 0.494 e. The van der Waals surface area contributed by atoms with E-state index in [1.54, 1.807) is 18.4 Å². The number of hydrogen-bond donors (Lipinski definition) is 0. The van der Waals surface area contributed by atoms with Crippen molar-refractivity contribution in [3.63, 3.8) is 0 Å². The molecule has 0 N–H and O–H groups in total. The van der Waals surface area contributed by atoms with Crippen molar-refractivity contribution in [2.45, 2.75) is 13.3 Å². The first-order chi connectivity index (χ1) is 15.1. The first-order valence-corrected chi connectivity index (χ1v) is 11.4. The van der Waals surface area contributed by atoms with Crippen LogP contribution in [0.15, 0.2) is 54.6 Å². The molecule has 0 radical (unpaired) electrons. The van der Waals surface area contributed by atoms with E-state index in [-0.39, 0.29) is 5.91 Å². The SMILES string of the molecule is COc1ccc(C)c2sc(N3CCN(C(=O)Cc4ccc5ccccc5c4)CC3)nc12. The van der Waals surface area contributed by atoms with E-state index in [1.165, 1.54) is 21.0 Å². The maximum Gasteiger partial charge on any atom is 0.227 e. The highest BCUT2D eigenvalue weighted by molar-refractivity contribution is 7.22. The minimum atomic E-state index is 0.191. The third-order valence-electron chi connectivity index (χ3n) is 5.98. The normalized spacial score (nSPS) is 14.4. The Bertz CT molecular complexity index is 1260. The van der Waals surface area contributed by atoms with E-state index >= 15 is 0 Å². The molecule has 0 atom stereocenters. The van der Waals surface area contributed by atoms with E-state index < -0.39 is 0 Å². The molecule has 1 aliphatic rings. The number of ether oxygens (including phenoxy) is 1. The number of rotatable bonds is 4. The highest BCUT2D eigenvalue weighted by atomic mass is 32.1. The first kappa shape index (κ1) is 19.8. The van der Waals surface area contributed by atoms with Crippen LogP contribution in [0, 0.1) is 6.92 Å². The van der Waals surface area contributed by atoms with E-state index in [0.29, 0.717) is 6.42 Å². The van der Waals surface area contributed by atoms with Crippen LogP contribution < -0.4 is 9.64 Å². The lowest BCUT2D eigenvalue weighted by Crippen LogP contribution is -2.49. The smallest absolute Gasteiger partial charge is 0.227 e. The molecule has 5 nitrogen and oxygen atoms in total. The summed E-state index contributed by atoms with van der Waals surface area (Å²) < 4.78 is 6.66. The average Bonchev–Trinajstić information content (AvgIpc) is 3.26. The van der Waals surface area contributed by atoms with Gasteiger partial charge in [-0.1, -0.05) is 59.9 Å². The fourth-order valence-corrected chi connectivity index (χ4v) is 5.28. The van der Waals surface area contributed by atoms with Gasteiger partial charge in [-0.3, -0.25) is 4.79 Å². The second-order valence-corrected chi connectivity index (χ2v) is 8.96. The molecule has 0 saturated carbocycles. The van der Waals surface area contributed by atoms with Gasteiger partial charge in [0, 0.05) is 26.2 Å². The van der Waals surface area contributed by atoms with Crippen LogP contribution in [-0.2, 0) is 11.2 Å². The summed E-state index contributed by atoms with van der Waals surface area (Å²) in [7, 11) is 1.68. The molecule has 1 amide bonds. The molecule has 6 heteroatoms. The van der Waals surface area contributed by atoms with Gasteiger partial charge in [0.15, 0.2) is 5.13 Å². The summed E-state index contributed by atoms with van der Waals surface area (Å²) in [6, 6.07) is 18.6. The number of hydrogen-bond acceptors (Lipinski definition) is 5. The Hall–Kier alpha value is -3.12. The highest BCUT2D eigenvalue weighted by Crippen LogP contribution is 2.36. The van der Waals surface area contributed by atoms with Gasteiger partial charge in [-0.2, -0.15) is 0 Å². The monoisotopic (exact) mass is 431 g/mol. The Labute approximate surface area is 185 Å². The number of aromatic nitrogens is 1. The van der Waals surface area contributed by atoms with Crippen LogP contribution in [0.1, 0.15) is 11.1 Å². The fourth-order valence-electron chi connectivity index (χ4n) is 4.18. The van der Waals surface area contributed by atoms with Crippen molar-refractivity contribution in [1.29, 1.82) is 0 Å². The number of methoxy groups -OCH3 is 1. The fraction of sp³-hybridized carbons (Fsp3) is 0.280. The van der Waals surface area contributed by atoms with Gasteiger partial charge in [-0.25, -0.2) is 4.98 Å². The number of piperazine rings is 1. The van der Waals surface area contributed by atoms with Crippen LogP contribution in [-0.4, -0.2) is 49.1 Å². The van der Waals surface area contributed by atoms with Gasteiger partial charge in [0.25, 0.3) is 0 Å². The zero-order valence-corrected chi connectivity index (χ0v) is 18.6. The van der Waals surface area contributed by atoms with Crippen molar-refractivity contribution < 1.29 is 9.53 Å². The molecular formula is C25H25N3O2S. The molecule has 158 valence electrons. The van der Waals surface area contributed by atoms with Crippen molar-refractivity contribution in [3.05, 3.63) is 65.7 Å². The molecule has 4 aromatic rings. The molecule has 31 heavy (non-hydrogen) atoms. The second kappa shape index (κ2) is 8.19. The lowest BCUT2D eigenvalue weighted by molar-refractivity contribution is -0.130. The minimum absolute atomic E-state index is 0.191. The van der Waals surface area contributed by atoms with Gasteiger partial charge in [0.2, 0.25) is 5.91 Å². The minimum Gasteiger partial charge on any atom is -0.494 e. The van der Waals surface area contributed by atoms with Gasteiger partial charge in [-0.15, -0.1) is 0 Å². The standard InChI is InChI=1S/C25H25N3O2S/c1-17-7-10-21(30-2)23-24(17)31-25(26-23)28-13-11-27(12-14-28)22(29)16-18-8-9-19-5-3-4-6-20(19)15-18/h3-10,15H,11-14,16H2,1-2H3. The number of benzene rings is 3. The van der Waals surface area contributed by atoms with E-state index in [9.17, 15) is 4.79 Å². The Morgan fingerprint density at radius 1 is 1.03 bits per heavy atom. The van der Waals surface area contributed by atoms with Crippen molar-refractivity contribution in [1.82, 2.24) is 9.88 Å². The molecule has 0 aliphatic carbocycles. The van der Waals surface area contributed by atoms with Crippen molar-refractivity contribution >= 4 is 43.4 Å².